The van der Waals surface area contributed by atoms with Gasteiger partial charge in [0, 0.05) is 0 Å². The average Bonchev–Trinajstić information content (AvgIpc) is 3.14. The molecule has 0 spiro atoms. The topological polar surface area (TPSA) is 60.9 Å². The first kappa shape index (κ1) is 13.5. The second-order valence-electron chi connectivity index (χ2n) is 4.58. The van der Waals surface area contributed by atoms with Crippen LogP contribution in [0.25, 0.3) is 27.1 Å². The third-order valence-corrected chi connectivity index (χ3v) is 5.64. The van der Waals surface area contributed by atoms with Crippen LogP contribution in [-0.2, 0) is 0 Å². The second-order valence-corrected chi connectivity index (χ2v) is 7.09. The van der Waals surface area contributed by atoms with Gasteiger partial charge >= 0.3 is 136 Å². The number of nitrogens with zero attached hydrogens (tertiary/aromatic N) is 3. The number of fused-ring (bicyclic) bond motifs is 1. The zero-order chi connectivity index (χ0) is 15.1. The van der Waals surface area contributed by atoms with Gasteiger partial charge in [0.2, 0.25) is 0 Å². The van der Waals surface area contributed by atoms with Gasteiger partial charge < -0.3 is 0 Å². The minimum absolute atomic E-state index is 0.0955. The summed E-state index contributed by atoms with van der Waals surface area (Å²) in [6.07, 6.45) is 0. The van der Waals surface area contributed by atoms with Crippen LogP contribution in [0.2, 0.25) is 5.02 Å². The van der Waals surface area contributed by atoms with E-state index in [1.165, 1.54) is 0 Å². The Kier molecular flexibility index (Phi) is 3.22. The average molecular weight is 377 g/mol. The van der Waals surface area contributed by atoms with E-state index in [4.69, 9.17) is 16.0 Å². The molecule has 2 aromatic carbocycles. The quantitative estimate of drug-likeness (QED) is 0.505. The van der Waals surface area contributed by atoms with Crippen molar-refractivity contribution >= 4 is 36.0 Å². The van der Waals surface area contributed by atoms with E-state index < -0.39 is 0 Å². The summed E-state index contributed by atoms with van der Waals surface area (Å²) >= 11 is 5.68. The van der Waals surface area contributed by atoms with Crippen molar-refractivity contribution in [2.24, 2.45) is 0 Å². The number of hydrogen-bond donors (Lipinski definition) is 0. The monoisotopic (exact) mass is 377 g/mol. The van der Waals surface area contributed by atoms with Crippen LogP contribution in [0.3, 0.4) is 0 Å². The van der Waals surface area contributed by atoms with E-state index >= 15 is 0 Å². The summed E-state index contributed by atoms with van der Waals surface area (Å²) in [6, 6.07) is 14.9. The van der Waals surface area contributed by atoms with Crippen molar-refractivity contribution < 1.29 is 4.42 Å². The number of halogens is 1. The van der Waals surface area contributed by atoms with Crippen molar-refractivity contribution in [2.45, 2.75) is 0 Å². The van der Waals surface area contributed by atoms with Crippen LogP contribution in [0.1, 0.15) is 0 Å². The molecule has 0 saturated heterocycles. The van der Waals surface area contributed by atoms with Gasteiger partial charge in [0.05, 0.1) is 0 Å². The summed E-state index contributed by atoms with van der Waals surface area (Å²) in [5, 5.41) is 9.35. The molecule has 2 aromatic heterocycles. The van der Waals surface area contributed by atoms with Crippen molar-refractivity contribution in [3.63, 3.8) is 0 Å². The van der Waals surface area contributed by atoms with Crippen molar-refractivity contribution in [3.8, 4) is 17.5 Å². The Morgan fingerprint density at radius 2 is 1.82 bits per heavy atom. The van der Waals surface area contributed by atoms with Crippen molar-refractivity contribution in [3.05, 3.63) is 63.9 Å². The van der Waals surface area contributed by atoms with Crippen molar-refractivity contribution in [1.82, 2.24) is 13.8 Å². The number of benzene rings is 2. The third-order valence-electron chi connectivity index (χ3n) is 3.17. The van der Waals surface area contributed by atoms with Gasteiger partial charge in [-0.1, -0.05) is 0 Å². The van der Waals surface area contributed by atoms with Gasteiger partial charge in [0.15, 0.2) is 0 Å². The Hall–Kier alpha value is -2.14. The molecule has 0 amide bonds. The molecule has 0 fully saturated rings. The van der Waals surface area contributed by atoms with E-state index in [2.05, 4.69) is 10.2 Å². The number of hydrogen-bond acceptors (Lipinski definition) is 4. The van der Waals surface area contributed by atoms with Crippen LogP contribution in [0.15, 0.2) is 57.7 Å². The van der Waals surface area contributed by atoms with Crippen LogP contribution in [0.4, 0.5) is 0 Å². The maximum atomic E-state index is 12.4. The van der Waals surface area contributed by atoms with E-state index in [-0.39, 0.29) is 26.3 Å². The molecule has 108 valence electrons. The van der Waals surface area contributed by atoms with E-state index in [1.54, 1.807) is 27.8 Å². The van der Waals surface area contributed by atoms with E-state index in [9.17, 15) is 4.79 Å². The molecular formula is C15H8ClN3O2Se. The molecule has 0 aliphatic rings. The van der Waals surface area contributed by atoms with E-state index in [1.807, 2.05) is 24.3 Å². The number of aromatic nitrogens is 3. The Morgan fingerprint density at radius 1 is 1.05 bits per heavy atom. The Labute approximate surface area is 135 Å². The first-order chi connectivity index (χ1) is 10.7. The molecule has 22 heavy (non-hydrogen) atoms. The summed E-state index contributed by atoms with van der Waals surface area (Å²) in [7, 11) is 0. The molecule has 4 aromatic rings. The summed E-state index contributed by atoms with van der Waals surface area (Å²) < 4.78 is 8.22. The Bertz CT molecular complexity index is 1020. The first-order valence-corrected chi connectivity index (χ1v) is 8.43. The van der Waals surface area contributed by atoms with Gasteiger partial charge in [-0.3, -0.25) is 0 Å². The van der Waals surface area contributed by atoms with Crippen LogP contribution >= 0.6 is 11.6 Å². The zero-order valence-electron chi connectivity index (χ0n) is 11.1. The predicted molar refractivity (Wildman–Crippen MR) is 84.8 cm³/mol. The number of rotatable bonds is 2. The Balaban J connectivity index is 1.81. The van der Waals surface area contributed by atoms with Gasteiger partial charge in [0.1, 0.15) is 0 Å². The van der Waals surface area contributed by atoms with Crippen molar-refractivity contribution in [2.75, 3.05) is 0 Å². The summed E-state index contributed by atoms with van der Waals surface area (Å²) in [5.74, 6) is 0.367. The molecule has 0 atom stereocenters. The molecule has 0 aliphatic heterocycles. The zero-order valence-corrected chi connectivity index (χ0v) is 13.5. The molecule has 0 bridgehead atoms. The molecule has 4 rings (SSSR count). The van der Waals surface area contributed by atoms with Gasteiger partial charge in [0.25, 0.3) is 0 Å². The standard InChI is InChI=1S/C15H8ClN3O2Se/c16-10-7-5-9(6-8-10)13-17-18-15(21-13)19-14(20)11-3-1-2-4-12(11)22-19/h1-8H. The SMILES string of the molecule is O=c1c2ccccc2[se]n1-c1nnc(-c2ccc(Cl)cc2)o1. The molecule has 7 heteroatoms. The fourth-order valence-corrected chi connectivity index (χ4v) is 4.17. The maximum absolute atomic E-state index is 12.4. The van der Waals surface area contributed by atoms with Gasteiger partial charge in [-0.05, 0) is 0 Å². The van der Waals surface area contributed by atoms with E-state index in [0.717, 1.165) is 9.82 Å². The molecule has 0 aliphatic carbocycles. The van der Waals surface area contributed by atoms with Crippen LogP contribution < -0.4 is 5.56 Å². The fourth-order valence-electron chi connectivity index (χ4n) is 2.10. The molecule has 0 saturated carbocycles. The molecular weight excluding hydrogens is 369 g/mol. The van der Waals surface area contributed by atoms with Gasteiger partial charge in [-0.25, -0.2) is 0 Å². The second kappa shape index (κ2) is 5.25. The summed E-state index contributed by atoms with van der Waals surface area (Å²) in [5.41, 5.74) is 0.668. The summed E-state index contributed by atoms with van der Waals surface area (Å²) in [4.78, 5) is 12.4. The predicted octanol–water partition coefficient (Wildman–Crippen LogP) is 2.75. The Morgan fingerprint density at radius 3 is 2.59 bits per heavy atom. The van der Waals surface area contributed by atoms with Gasteiger partial charge in [-0.2, -0.15) is 0 Å². The molecule has 5 nitrogen and oxygen atoms in total. The minimum atomic E-state index is -0.183. The normalized spacial score (nSPS) is 11.1. The van der Waals surface area contributed by atoms with Gasteiger partial charge in [-0.15, -0.1) is 0 Å². The third kappa shape index (κ3) is 2.22. The molecule has 0 radical (unpaired) electrons. The first-order valence-electron chi connectivity index (χ1n) is 6.43. The molecule has 2 heterocycles. The summed E-state index contributed by atoms with van der Waals surface area (Å²) in [6.45, 7) is 0. The molecule has 0 unspecified atom stereocenters. The van der Waals surface area contributed by atoms with Crippen LogP contribution in [-0.4, -0.2) is 28.5 Å². The molecule has 0 N–H and O–H groups in total. The van der Waals surface area contributed by atoms with Crippen LogP contribution in [0.5, 0.6) is 0 Å². The van der Waals surface area contributed by atoms with Crippen molar-refractivity contribution in [1.29, 1.82) is 0 Å². The van der Waals surface area contributed by atoms with E-state index in [0.29, 0.717) is 16.3 Å². The van der Waals surface area contributed by atoms with Crippen LogP contribution in [0, 0.1) is 0 Å². The fraction of sp³-hybridized carbons (Fsp3) is 0.